The normalized spacial score (nSPS) is 12.6. The number of aromatic nitrogens is 2. The van der Waals surface area contributed by atoms with Crippen LogP contribution in [-0.4, -0.2) is 22.9 Å². The van der Waals surface area contributed by atoms with Gasteiger partial charge in [-0.1, -0.05) is 24.3 Å². The zero-order chi connectivity index (χ0) is 14.4. The van der Waals surface area contributed by atoms with Gasteiger partial charge in [-0.05, 0) is 56.8 Å². The van der Waals surface area contributed by atoms with Crippen molar-refractivity contribution in [3.63, 3.8) is 0 Å². The first-order valence-corrected chi connectivity index (χ1v) is 7.39. The van der Waals surface area contributed by atoms with E-state index in [0.29, 0.717) is 6.04 Å². The van der Waals surface area contributed by atoms with Gasteiger partial charge >= 0.3 is 0 Å². The van der Waals surface area contributed by atoms with E-state index in [9.17, 15) is 0 Å². The lowest BCUT2D eigenvalue weighted by molar-refractivity contribution is 0.481. The minimum Gasteiger partial charge on any atom is -0.317 e. The number of hydrogen-bond donors (Lipinski definition) is 1. The van der Waals surface area contributed by atoms with Crippen molar-refractivity contribution in [3.8, 4) is 0 Å². The van der Waals surface area contributed by atoms with Gasteiger partial charge in [0.25, 0.3) is 0 Å². The third-order valence-electron chi connectivity index (χ3n) is 4.10. The van der Waals surface area contributed by atoms with Crippen LogP contribution in [0.4, 0.5) is 0 Å². The van der Waals surface area contributed by atoms with E-state index < -0.39 is 0 Å². The number of nitrogens with zero attached hydrogens (tertiary/aromatic N) is 2. The standard InChI is InChI=1S/C17H25N3/c1-14-6-4-5-7-15(14)8-9-16(18-2)10-11-17-12-13-19-20(17)3/h4-7,12-13,16,18H,8-11H2,1-3H3. The van der Waals surface area contributed by atoms with Crippen LogP contribution in [0.5, 0.6) is 0 Å². The molecule has 3 heteroatoms. The fraction of sp³-hybridized carbons (Fsp3) is 0.471. The third-order valence-corrected chi connectivity index (χ3v) is 4.10. The molecule has 1 heterocycles. The second kappa shape index (κ2) is 7.25. The van der Waals surface area contributed by atoms with Gasteiger partial charge in [0.15, 0.2) is 0 Å². The van der Waals surface area contributed by atoms with Gasteiger partial charge in [-0.25, -0.2) is 0 Å². The van der Waals surface area contributed by atoms with E-state index in [1.54, 1.807) is 0 Å². The monoisotopic (exact) mass is 271 g/mol. The second-order valence-electron chi connectivity index (χ2n) is 5.44. The molecule has 1 atom stereocenters. The van der Waals surface area contributed by atoms with Gasteiger partial charge < -0.3 is 5.32 Å². The van der Waals surface area contributed by atoms with Crippen molar-refractivity contribution in [2.75, 3.05) is 7.05 Å². The molecule has 108 valence electrons. The van der Waals surface area contributed by atoms with Crippen LogP contribution < -0.4 is 5.32 Å². The Morgan fingerprint density at radius 1 is 1.15 bits per heavy atom. The molecule has 0 aliphatic carbocycles. The highest BCUT2D eigenvalue weighted by molar-refractivity contribution is 5.25. The molecular weight excluding hydrogens is 246 g/mol. The quantitative estimate of drug-likeness (QED) is 0.839. The number of aryl methyl sites for hydroxylation is 4. The van der Waals surface area contributed by atoms with Crippen molar-refractivity contribution in [1.29, 1.82) is 0 Å². The first-order chi connectivity index (χ1) is 9.70. The number of benzene rings is 1. The molecule has 0 aliphatic heterocycles. The van der Waals surface area contributed by atoms with Gasteiger partial charge in [0.05, 0.1) is 0 Å². The van der Waals surface area contributed by atoms with Crippen LogP contribution in [-0.2, 0) is 19.9 Å². The minimum absolute atomic E-state index is 0.560. The van der Waals surface area contributed by atoms with E-state index in [1.165, 1.54) is 23.2 Å². The summed E-state index contributed by atoms with van der Waals surface area (Å²) >= 11 is 0. The molecule has 0 amide bonds. The van der Waals surface area contributed by atoms with Gasteiger partial charge in [0.1, 0.15) is 0 Å². The highest BCUT2D eigenvalue weighted by atomic mass is 15.2. The molecule has 0 spiro atoms. The molecule has 1 unspecified atom stereocenters. The maximum atomic E-state index is 4.22. The van der Waals surface area contributed by atoms with E-state index in [0.717, 1.165) is 19.3 Å². The zero-order valence-electron chi connectivity index (χ0n) is 12.8. The number of nitrogens with one attached hydrogen (secondary N) is 1. The molecule has 0 radical (unpaired) electrons. The summed E-state index contributed by atoms with van der Waals surface area (Å²) in [5.74, 6) is 0. The first-order valence-electron chi connectivity index (χ1n) is 7.39. The van der Waals surface area contributed by atoms with E-state index >= 15 is 0 Å². The van der Waals surface area contributed by atoms with Gasteiger partial charge in [-0.3, -0.25) is 4.68 Å². The van der Waals surface area contributed by atoms with Gasteiger partial charge in [-0.2, -0.15) is 5.10 Å². The van der Waals surface area contributed by atoms with Gasteiger partial charge in [0, 0.05) is 25.0 Å². The van der Waals surface area contributed by atoms with Crippen LogP contribution in [0.1, 0.15) is 29.7 Å². The molecule has 0 saturated carbocycles. The van der Waals surface area contributed by atoms with Crippen LogP contribution in [0, 0.1) is 6.92 Å². The van der Waals surface area contributed by atoms with Crippen LogP contribution in [0.25, 0.3) is 0 Å². The maximum Gasteiger partial charge on any atom is 0.0492 e. The molecule has 1 aromatic carbocycles. The fourth-order valence-corrected chi connectivity index (χ4v) is 2.62. The minimum atomic E-state index is 0.560. The predicted molar refractivity (Wildman–Crippen MR) is 83.9 cm³/mol. The van der Waals surface area contributed by atoms with Crippen molar-refractivity contribution >= 4 is 0 Å². The molecule has 3 nitrogen and oxygen atoms in total. The number of hydrogen-bond acceptors (Lipinski definition) is 2. The lowest BCUT2D eigenvalue weighted by Crippen LogP contribution is -2.26. The van der Waals surface area contributed by atoms with Crippen molar-refractivity contribution in [2.24, 2.45) is 7.05 Å². The molecule has 1 N–H and O–H groups in total. The Kier molecular flexibility index (Phi) is 5.36. The zero-order valence-corrected chi connectivity index (χ0v) is 12.8. The molecule has 0 aliphatic rings. The Morgan fingerprint density at radius 2 is 1.90 bits per heavy atom. The molecule has 1 aromatic heterocycles. The summed E-state index contributed by atoms with van der Waals surface area (Å²) in [4.78, 5) is 0. The smallest absolute Gasteiger partial charge is 0.0492 e. The molecular formula is C17H25N3. The molecule has 2 aromatic rings. The van der Waals surface area contributed by atoms with Crippen LogP contribution in [0.15, 0.2) is 36.5 Å². The largest absolute Gasteiger partial charge is 0.317 e. The maximum absolute atomic E-state index is 4.22. The lowest BCUT2D eigenvalue weighted by atomic mass is 9.98. The Bertz CT molecular complexity index is 531. The Labute approximate surface area is 122 Å². The van der Waals surface area contributed by atoms with E-state index in [1.807, 2.05) is 17.9 Å². The molecule has 2 rings (SSSR count). The van der Waals surface area contributed by atoms with Gasteiger partial charge in [-0.15, -0.1) is 0 Å². The van der Waals surface area contributed by atoms with Crippen molar-refractivity contribution in [2.45, 2.75) is 38.6 Å². The Morgan fingerprint density at radius 3 is 2.55 bits per heavy atom. The highest BCUT2D eigenvalue weighted by Gasteiger charge is 2.09. The average Bonchev–Trinajstić information content (AvgIpc) is 2.86. The summed E-state index contributed by atoms with van der Waals surface area (Å²) in [5, 5.41) is 7.67. The highest BCUT2D eigenvalue weighted by Crippen LogP contribution is 2.13. The van der Waals surface area contributed by atoms with E-state index in [-0.39, 0.29) is 0 Å². The SMILES string of the molecule is CNC(CCc1ccccc1C)CCc1ccnn1C. The second-order valence-corrected chi connectivity index (χ2v) is 5.44. The van der Waals surface area contributed by atoms with Crippen molar-refractivity contribution in [3.05, 3.63) is 53.3 Å². The predicted octanol–water partition coefficient (Wildman–Crippen LogP) is 2.88. The van der Waals surface area contributed by atoms with Crippen LogP contribution in [0.3, 0.4) is 0 Å². The van der Waals surface area contributed by atoms with E-state index in [2.05, 4.69) is 54.7 Å². The summed E-state index contributed by atoms with van der Waals surface area (Å²) in [6.07, 6.45) is 6.43. The molecule has 0 bridgehead atoms. The van der Waals surface area contributed by atoms with E-state index in [4.69, 9.17) is 0 Å². The summed E-state index contributed by atoms with van der Waals surface area (Å²) in [7, 11) is 4.07. The lowest BCUT2D eigenvalue weighted by Gasteiger charge is -2.16. The molecule has 0 saturated heterocycles. The summed E-state index contributed by atoms with van der Waals surface area (Å²) in [6, 6.07) is 11.3. The van der Waals surface area contributed by atoms with Crippen LogP contribution >= 0.6 is 0 Å². The molecule has 0 fully saturated rings. The summed E-state index contributed by atoms with van der Waals surface area (Å²) in [6.45, 7) is 2.19. The van der Waals surface area contributed by atoms with Gasteiger partial charge in [0.2, 0.25) is 0 Å². The fourth-order valence-electron chi connectivity index (χ4n) is 2.62. The van der Waals surface area contributed by atoms with Crippen molar-refractivity contribution < 1.29 is 0 Å². The van der Waals surface area contributed by atoms with Crippen LogP contribution in [0.2, 0.25) is 0 Å². The Hall–Kier alpha value is -1.61. The number of rotatable bonds is 7. The summed E-state index contributed by atoms with van der Waals surface area (Å²) < 4.78 is 1.97. The topological polar surface area (TPSA) is 29.9 Å². The summed E-state index contributed by atoms with van der Waals surface area (Å²) in [5.41, 5.74) is 4.17. The first kappa shape index (κ1) is 14.8. The molecule has 20 heavy (non-hydrogen) atoms. The average molecular weight is 271 g/mol. The Balaban J connectivity index is 1.84. The van der Waals surface area contributed by atoms with Crippen molar-refractivity contribution in [1.82, 2.24) is 15.1 Å². The third kappa shape index (κ3) is 3.94.